The molecule has 0 spiro atoms. The third-order valence-corrected chi connectivity index (χ3v) is 9.44. The van der Waals surface area contributed by atoms with Gasteiger partial charge in [-0.05, 0) is 49.9 Å². The molecule has 1 aromatic carbocycles. The van der Waals surface area contributed by atoms with Crippen LogP contribution in [0.1, 0.15) is 55.6 Å². The molecule has 0 amide bonds. The average molecular weight is 483 g/mol. The van der Waals surface area contributed by atoms with Crippen LogP contribution in [0.4, 0.5) is 0 Å². The topological polar surface area (TPSA) is 78.7 Å². The van der Waals surface area contributed by atoms with Crippen molar-refractivity contribution in [2.45, 2.75) is 61.6 Å². The lowest BCUT2D eigenvalue weighted by Gasteiger charge is -2.57. The second-order valence-electron chi connectivity index (χ2n) is 9.90. The molecule has 2 saturated heterocycles. The van der Waals surface area contributed by atoms with Gasteiger partial charge in [0.2, 0.25) is 0 Å². The number of hydrogen-bond acceptors (Lipinski definition) is 5. The maximum absolute atomic E-state index is 13.3. The molecule has 1 aliphatic carbocycles. The van der Waals surface area contributed by atoms with Crippen molar-refractivity contribution < 1.29 is 13.5 Å². The van der Waals surface area contributed by atoms with E-state index in [9.17, 15) is 13.5 Å². The van der Waals surface area contributed by atoms with E-state index in [0.717, 1.165) is 30.5 Å². The molecule has 8 heteroatoms. The van der Waals surface area contributed by atoms with Crippen molar-refractivity contribution in [3.05, 3.63) is 47.9 Å². The van der Waals surface area contributed by atoms with E-state index in [2.05, 4.69) is 46.0 Å². The number of imidazole rings is 1. The molecule has 1 aromatic heterocycles. The number of aromatic nitrogens is 2. The van der Waals surface area contributed by atoms with Crippen LogP contribution < -0.4 is 0 Å². The molecule has 2 aromatic rings. The monoisotopic (exact) mass is 482 g/mol. The quantitative estimate of drug-likeness (QED) is 0.678. The Morgan fingerprint density at radius 3 is 2.50 bits per heavy atom. The van der Waals surface area contributed by atoms with Gasteiger partial charge in [-0.1, -0.05) is 36.8 Å². The van der Waals surface area contributed by atoms with Gasteiger partial charge >= 0.3 is 0 Å². The van der Waals surface area contributed by atoms with Gasteiger partial charge in [0.05, 0.1) is 12.9 Å². The third-order valence-electron chi connectivity index (χ3n) is 7.69. The Kier molecular flexibility index (Phi) is 6.81. The van der Waals surface area contributed by atoms with Crippen molar-refractivity contribution in [1.82, 2.24) is 18.8 Å². The normalized spacial score (nSPS) is 26.7. The van der Waals surface area contributed by atoms with Crippen LogP contribution in [-0.4, -0.2) is 70.6 Å². The second-order valence-corrected chi connectivity index (χ2v) is 11.8. The SMILES string of the molecule is Cn1cnc(S(=O)(=O)N2CCCCN3[C@H](CO)[C@H](c4ccc(C#CC5CCCC5)cc4)[C@@H]3C2)c1. The van der Waals surface area contributed by atoms with Crippen LogP contribution in [0, 0.1) is 17.8 Å². The summed E-state index contributed by atoms with van der Waals surface area (Å²) in [5.41, 5.74) is 2.16. The molecule has 3 atom stereocenters. The Morgan fingerprint density at radius 1 is 1.09 bits per heavy atom. The lowest BCUT2D eigenvalue weighted by atomic mass is 9.74. The summed E-state index contributed by atoms with van der Waals surface area (Å²) in [6.07, 6.45) is 9.78. The Labute approximate surface area is 202 Å². The fourth-order valence-corrected chi connectivity index (χ4v) is 7.29. The van der Waals surface area contributed by atoms with E-state index in [1.807, 2.05) is 0 Å². The fourth-order valence-electron chi connectivity index (χ4n) is 5.83. The van der Waals surface area contributed by atoms with Gasteiger partial charge in [-0.2, -0.15) is 4.31 Å². The highest BCUT2D eigenvalue weighted by Gasteiger charge is 2.50. The molecule has 1 N–H and O–H groups in total. The minimum atomic E-state index is -3.66. The molecule has 3 fully saturated rings. The van der Waals surface area contributed by atoms with Gasteiger partial charge < -0.3 is 9.67 Å². The van der Waals surface area contributed by atoms with E-state index in [1.54, 1.807) is 22.1 Å². The van der Waals surface area contributed by atoms with Crippen LogP contribution in [0.15, 0.2) is 41.8 Å². The molecule has 7 nitrogen and oxygen atoms in total. The maximum Gasteiger partial charge on any atom is 0.262 e. The van der Waals surface area contributed by atoms with Crippen LogP contribution in [0.25, 0.3) is 0 Å². The lowest BCUT2D eigenvalue weighted by molar-refractivity contribution is -0.0554. The standard InChI is InChI=1S/C26H34N4O3S/c1-28-17-25(27-19-28)34(32,33)29-14-4-5-15-30-23(16-29)26(24(30)18-31)22-12-10-21(11-13-22)9-8-20-6-2-3-7-20/h10-13,17,19-20,23-24,26,31H,2-7,14-16,18H2,1H3/t23-,24+,26+/m0/s1. The molecule has 0 radical (unpaired) electrons. The summed E-state index contributed by atoms with van der Waals surface area (Å²) in [6.45, 7) is 1.85. The predicted octanol–water partition coefficient (Wildman–Crippen LogP) is 2.58. The Morgan fingerprint density at radius 2 is 1.82 bits per heavy atom. The second kappa shape index (κ2) is 9.82. The van der Waals surface area contributed by atoms with Gasteiger partial charge in [0, 0.05) is 55.8 Å². The van der Waals surface area contributed by atoms with Gasteiger partial charge in [0.25, 0.3) is 10.0 Å². The molecule has 0 bridgehead atoms. The van der Waals surface area contributed by atoms with Crippen molar-refractivity contribution in [2.75, 3.05) is 26.2 Å². The summed E-state index contributed by atoms with van der Waals surface area (Å²) < 4.78 is 29.9. The molecule has 2 aliphatic heterocycles. The largest absolute Gasteiger partial charge is 0.395 e. The van der Waals surface area contributed by atoms with E-state index < -0.39 is 10.0 Å². The van der Waals surface area contributed by atoms with Gasteiger partial charge in [0.15, 0.2) is 5.03 Å². The summed E-state index contributed by atoms with van der Waals surface area (Å²) in [6, 6.07) is 8.41. The zero-order valence-corrected chi connectivity index (χ0v) is 20.6. The number of rotatable bonds is 4. The summed E-state index contributed by atoms with van der Waals surface area (Å²) >= 11 is 0. The number of benzene rings is 1. The first-order chi connectivity index (χ1) is 16.5. The highest BCUT2D eigenvalue weighted by atomic mass is 32.2. The van der Waals surface area contributed by atoms with Gasteiger partial charge in [-0.3, -0.25) is 4.90 Å². The number of aliphatic hydroxyl groups excluding tert-OH is 1. The summed E-state index contributed by atoms with van der Waals surface area (Å²) in [4.78, 5) is 6.40. The zero-order chi connectivity index (χ0) is 23.7. The molecule has 3 aliphatic rings. The third kappa shape index (κ3) is 4.55. The van der Waals surface area contributed by atoms with Crippen molar-refractivity contribution in [3.8, 4) is 11.8 Å². The zero-order valence-electron chi connectivity index (χ0n) is 19.8. The minimum Gasteiger partial charge on any atom is -0.395 e. The van der Waals surface area contributed by atoms with Crippen LogP contribution in [-0.2, 0) is 17.1 Å². The van der Waals surface area contributed by atoms with Gasteiger partial charge in [-0.15, -0.1) is 0 Å². The highest BCUT2D eigenvalue weighted by molar-refractivity contribution is 7.89. The smallest absolute Gasteiger partial charge is 0.262 e. The maximum atomic E-state index is 13.3. The highest BCUT2D eigenvalue weighted by Crippen LogP contribution is 2.42. The first kappa shape index (κ1) is 23.6. The first-order valence-corrected chi connectivity index (χ1v) is 13.9. The molecule has 1 saturated carbocycles. The summed E-state index contributed by atoms with van der Waals surface area (Å²) in [5.74, 6) is 7.36. The summed E-state index contributed by atoms with van der Waals surface area (Å²) in [5, 5.41) is 10.3. The van der Waals surface area contributed by atoms with Crippen molar-refractivity contribution in [3.63, 3.8) is 0 Å². The molecule has 34 heavy (non-hydrogen) atoms. The first-order valence-electron chi connectivity index (χ1n) is 12.4. The average Bonchev–Trinajstić information content (AvgIpc) is 3.49. The Balaban J connectivity index is 1.37. The Hall–Kier alpha value is -2.18. The summed E-state index contributed by atoms with van der Waals surface area (Å²) in [7, 11) is -1.89. The van der Waals surface area contributed by atoms with E-state index in [1.165, 1.54) is 32.0 Å². The van der Waals surface area contributed by atoms with E-state index >= 15 is 0 Å². The van der Waals surface area contributed by atoms with Gasteiger partial charge in [0.1, 0.15) is 0 Å². The number of nitrogens with zero attached hydrogens (tertiary/aromatic N) is 4. The fraction of sp³-hybridized carbons (Fsp3) is 0.577. The van der Waals surface area contributed by atoms with Crippen LogP contribution in [0.2, 0.25) is 0 Å². The molecule has 182 valence electrons. The molecule has 5 rings (SSSR count). The van der Waals surface area contributed by atoms with Crippen LogP contribution in [0.5, 0.6) is 0 Å². The van der Waals surface area contributed by atoms with E-state index in [0.29, 0.717) is 19.0 Å². The predicted molar refractivity (Wildman–Crippen MR) is 131 cm³/mol. The van der Waals surface area contributed by atoms with Crippen molar-refractivity contribution in [2.24, 2.45) is 13.0 Å². The minimum absolute atomic E-state index is 0.0120. The molecular weight excluding hydrogens is 448 g/mol. The van der Waals surface area contributed by atoms with E-state index in [4.69, 9.17) is 0 Å². The molecule has 0 unspecified atom stereocenters. The number of aliphatic hydroxyl groups is 1. The van der Waals surface area contributed by atoms with Crippen LogP contribution >= 0.6 is 0 Å². The number of aryl methyl sites for hydroxylation is 1. The van der Waals surface area contributed by atoms with Crippen molar-refractivity contribution >= 4 is 10.0 Å². The van der Waals surface area contributed by atoms with Crippen LogP contribution in [0.3, 0.4) is 0 Å². The Bertz CT molecular complexity index is 1160. The van der Waals surface area contributed by atoms with E-state index in [-0.39, 0.29) is 29.6 Å². The molecular formula is C26H34N4O3S. The molecule has 3 heterocycles. The number of sulfonamides is 1. The van der Waals surface area contributed by atoms with Crippen molar-refractivity contribution in [1.29, 1.82) is 0 Å². The number of fused-ring (bicyclic) bond motifs is 1. The number of hydrogen-bond donors (Lipinski definition) is 1. The lowest BCUT2D eigenvalue weighted by Crippen LogP contribution is -2.67. The van der Waals surface area contributed by atoms with Gasteiger partial charge in [-0.25, -0.2) is 13.4 Å².